The highest BCUT2D eigenvalue weighted by Crippen LogP contribution is 2.11. The first kappa shape index (κ1) is 18.6. The summed E-state index contributed by atoms with van der Waals surface area (Å²) in [7, 11) is 0. The van der Waals surface area contributed by atoms with E-state index in [0.29, 0.717) is 6.04 Å². The molecule has 1 aromatic rings. The third-order valence-electron chi connectivity index (χ3n) is 3.65. The maximum absolute atomic E-state index is 3.46. The van der Waals surface area contributed by atoms with Gasteiger partial charge in [0.15, 0.2) is 0 Å². The van der Waals surface area contributed by atoms with E-state index in [1.54, 1.807) is 0 Å². The molecule has 1 aromatic carbocycles. The lowest BCUT2D eigenvalue weighted by Gasteiger charge is -2.07. The fourth-order valence-corrected chi connectivity index (χ4v) is 3.28. The smallest absolute Gasteiger partial charge is 0.00581 e. The van der Waals surface area contributed by atoms with Crippen LogP contribution >= 0.6 is 11.8 Å². The van der Waals surface area contributed by atoms with Crippen molar-refractivity contribution in [1.29, 1.82) is 0 Å². The van der Waals surface area contributed by atoms with Gasteiger partial charge in [-0.3, -0.25) is 0 Å². The van der Waals surface area contributed by atoms with E-state index in [-0.39, 0.29) is 0 Å². The first-order valence-electron chi connectivity index (χ1n) is 8.64. The molecule has 0 spiro atoms. The zero-order valence-electron chi connectivity index (χ0n) is 13.9. The Kier molecular flexibility index (Phi) is 11.7. The van der Waals surface area contributed by atoms with Crippen molar-refractivity contribution in [3.8, 4) is 0 Å². The van der Waals surface area contributed by atoms with E-state index in [1.807, 2.05) is 0 Å². The molecular weight excluding hydrogens is 274 g/mol. The molecule has 0 saturated carbocycles. The lowest BCUT2D eigenvalue weighted by Crippen LogP contribution is -2.25. The molecule has 0 heterocycles. The summed E-state index contributed by atoms with van der Waals surface area (Å²) >= 11 is 2.10. The molecule has 0 aliphatic carbocycles. The van der Waals surface area contributed by atoms with Crippen molar-refractivity contribution in [2.75, 3.05) is 18.1 Å². The minimum absolute atomic E-state index is 0.626. The summed E-state index contributed by atoms with van der Waals surface area (Å²) in [4.78, 5) is 0. The van der Waals surface area contributed by atoms with Crippen molar-refractivity contribution < 1.29 is 0 Å². The van der Waals surface area contributed by atoms with Crippen LogP contribution in [0.2, 0.25) is 0 Å². The first-order valence-corrected chi connectivity index (χ1v) is 9.79. The average Bonchev–Trinajstić information content (AvgIpc) is 2.49. The van der Waals surface area contributed by atoms with Crippen LogP contribution in [0.1, 0.15) is 57.9 Å². The van der Waals surface area contributed by atoms with E-state index in [0.717, 1.165) is 6.54 Å². The summed E-state index contributed by atoms with van der Waals surface area (Å²) in [6.07, 6.45) is 9.62. The first-order chi connectivity index (χ1) is 10.3. The van der Waals surface area contributed by atoms with Crippen LogP contribution < -0.4 is 5.32 Å². The monoisotopic (exact) mass is 307 g/mol. The molecule has 2 heteroatoms. The van der Waals surface area contributed by atoms with Crippen LogP contribution in [-0.2, 0) is 6.42 Å². The van der Waals surface area contributed by atoms with E-state index < -0.39 is 0 Å². The van der Waals surface area contributed by atoms with Gasteiger partial charge < -0.3 is 5.32 Å². The van der Waals surface area contributed by atoms with Gasteiger partial charge in [0.05, 0.1) is 0 Å². The van der Waals surface area contributed by atoms with Crippen molar-refractivity contribution in [2.45, 2.75) is 64.8 Å². The van der Waals surface area contributed by atoms with Gasteiger partial charge in [-0.2, -0.15) is 11.8 Å². The molecule has 0 aliphatic heterocycles. The van der Waals surface area contributed by atoms with Crippen LogP contribution in [0.3, 0.4) is 0 Å². The number of thioether (sulfide) groups is 1. The number of rotatable bonds is 13. The van der Waals surface area contributed by atoms with Gasteiger partial charge in [-0.25, -0.2) is 0 Å². The highest BCUT2D eigenvalue weighted by Gasteiger charge is 1.95. The normalized spacial score (nSPS) is 11.2. The summed E-state index contributed by atoms with van der Waals surface area (Å²) in [5.74, 6) is 2.60. The number of unbranched alkanes of at least 4 members (excludes halogenated alkanes) is 5. The molecule has 21 heavy (non-hydrogen) atoms. The Morgan fingerprint density at radius 2 is 1.52 bits per heavy atom. The second-order valence-corrected chi connectivity index (χ2v) is 7.30. The minimum atomic E-state index is 0.626. The van der Waals surface area contributed by atoms with Crippen LogP contribution in [0.4, 0.5) is 0 Å². The zero-order chi connectivity index (χ0) is 15.2. The molecule has 0 aliphatic rings. The Bertz CT molecular complexity index is 324. The summed E-state index contributed by atoms with van der Waals surface area (Å²) in [5, 5.41) is 3.46. The van der Waals surface area contributed by atoms with Gasteiger partial charge in [-0.05, 0) is 30.6 Å². The minimum Gasteiger partial charge on any atom is -0.314 e. The quantitative estimate of drug-likeness (QED) is 0.496. The number of hydrogen-bond acceptors (Lipinski definition) is 2. The molecule has 1 rings (SSSR count). The van der Waals surface area contributed by atoms with Crippen LogP contribution in [0.5, 0.6) is 0 Å². The Balaban J connectivity index is 1.77. The Labute approximate surface area is 136 Å². The van der Waals surface area contributed by atoms with Gasteiger partial charge in [-0.15, -0.1) is 0 Å². The summed E-state index contributed by atoms with van der Waals surface area (Å²) in [5.41, 5.74) is 1.49. The molecular formula is C19H33NS. The van der Waals surface area contributed by atoms with E-state index in [4.69, 9.17) is 0 Å². The third kappa shape index (κ3) is 11.8. The molecule has 120 valence electrons. The molecule has 0 radical (unpaired) electrons. The second kappa shape index (κ2) is 13.2. The third-order valence-corrected chi connectivity index (χ3v) is 4.72. The largest absolute Gasteiger partial charge is 0.314 e. The van der Waals surface area contributed by atoms with E-state index in [1.165, 1.54) is 62.0 Å². The number of hydrogen-bond donors (Lipinski definition) is 1. The van der Waals surface area contributed by atoms with E-state index in [9.17, 15) is 0 Å². The molecule has 1 N–H and O–H groups in total. The van der Waals surface area contributed by atoms with E-state index in [2.05, 4.69) is 61.3 Å². The van der Waals surface area contributed by atoms with Crippen LogP contribution in [0.25, 0.3) is 0 Å². The Morgan fingerprint density at radius 1 is 0.857 bits per heavy atom. The van der Waals surface area contributed by atoms with Crippen LogP contribution in [0, 0.1) is 0 Å². The Hall–Kier alpha value is -0.470. The van der Waals surface area contributed by atoms with Crippen molar-refractivity contribution in [2.24, 2.45) is 0 Å². The van der Waals surface area contributed by atoms with Gasteiger partial charge >= 0.3 is 0 Å². The van der Waals surface area contributed by atoms with E-state index >= 15 is 0 Å². The Morgan fingerprint density at radius 3 is 2.24 bits per heavy atom. The zero-order valence-corrected chi connectivity index (χ0v) is 14.8. The predicted octanol–water partition coefficient (Wildman–Crippen LogP) is 5.30. The van der Waals surface area contributed by atoms with Gasteiger partial charge in [0.1, 0.15) is 0 Å². The van der Waals surface area contributed by atoms with Gasteiger partial charge in [-0.1, -0.05) is 69.9 Å². The molecule has 0 saturated heterocycles. The molecule has 0 atom stereocenters. The van der Waals surface area contributed by atoms with Crippen molar-refractivity contribution in [1.82, 2.24) is 5.32 Å². The fourth-order valence-electron chi connectivity index (χ4n) is 2.41. The fraction of sp³-hybridized carbons (Fsp3) is 0.684. The number of aryl methyl sites for hydroxylation is 1. The SMILES string of the molecule is CC(C)NCCSCCCCCCCCc1ccccc1. The standard InChI is InChI=1S/C19H33NS/c1-18(2)20-15-17-21-16-11-6-4-3-5-8-12-19-13-9-7-10-14-19/h7,9-10,13-14,18,20H,3-6,8,11-12,15-17H2,1-2H3. The van der Waals surface area contributed by atoms with Crippen LogP contribution in [0.15, 0.2) is 30.3 Å². The lowest BCUT2D eigenvalue weighted by atomic mass is 10.1. The average molecular weight is 308 g/mol. The topological polar surface area (TPSA) is 12.0 Å². The second-order valence-electron chi connectivity index (χ2n) is 6.08. The summed E-state index contributed by atoms with van der Waals surface area (Å²) < 4.78 is 0. The number of nitrogens with one attached hydrogen (secondary N) is 1. The summed E-state index contributed by atoms with van der Waals surface area (Å²) in [6, 6.07) is 11.5. The lowest BCUT2D eigenvalue weighted by molar-refractivity contribution is 0.608. The van der Waals surface area contributed by atoms with Crippen LogP contribution in [-0.4, -0.2) is 24.1 Å². The summed E-state index contributed by atoms with van der Waals surface area (Å²) in [6.45, 7) is 5.58. The molecule has 0 unspecified atom stereocenters. The molecule has 0 aromatic heterocycles. The highest BCUT2D eigenvalue weighted by molar-refractivity contribution is 7.99. The molecule has 0 bridgehead atoms. The van der Waals surface area contributed by atoms with Crippen molar-refractivity contribution in [3.05, 3.63) is 35.9 Å². The predicted molar refractivity (Wildman–Crippen MR) is 98.3 cm³/mol. The van der Waals surface area contributed by atoms with Gasteiger partial charge in [0.2, 0.25) is 0 Å². The van der Waals surface area contributed by atoms with Crippen molar-refractivity contribution >= 4 is 11.8 Å². The highest BCUT2D eigenvalue weighted by atomic mass is 32.2. The van der Waals surface area contributed by atoms with Gasteiger partial charge in [0.25, 0.3) is 0 Å². The molecule has 0 amide bonds. The van der Waals surface area contributed by atoms with Gasteiger partial charge in [0, 0.05) is 18.3 Å². The maximum atomic E-state index is 3.46. The number of benzene rings is 1. The molecule has 1 nitrogen and oxygen atoms in total. The maximum Gasteiger partial charge on any atom is 0.00581 e. The molecule has 0 fully saturated rings. The van der Waals surface area contributed by atoms with Crippen molar-refractivity contribution in [3.63, 3.8) is 0 Å².